The van der Waals surface area contributed by atoms with Crippen molar-refractivity contribution in [2.24, 2.45) is 0 Å². The summed E-state index contributed by atoms with van der Waals surface area (Å²) in [5.74, 6) is -0.0269. The third kappa shape index (κ3) is 5.75. The smallest absolute Gasteiger partial charge is 0.360 e. The number of esters is 1. The van der Waals surface area contributed by atoms with Crippen LogP contribution in [0.4, 0.5) is 0 Å². The minimum absolute atomic E-state index is 0.0735. The van der Waals surface area contributed by atoms with E-state index < -0.39 is 22.1 Å². The van der Waals surface area contributed by atoms with Gasteiger partial charge in [0.15, 0.2) is 5.69 Å². The van der Waals surface area contributed by atoms with E-state index in [0.717, 1.165) is 57.7 Å². The lowest BCUT2D eigenvalue weighted by Gasteiger charge is -2.24. The molecule has 4 aromatic rings. The summed E-state index contributed by atoms with van der Waals surface area (Å²) in [6.07, 6.45) is 8.83. The number of oxazole rings is 1. The second-order valence-electron chi connectivity index (χ2n) is 11.5. The molecular formula is C33H36N4O7S. The van der Waals surface area contributed by atoms with Crippen LogP contribution in [0, 0.1) is 0 Å². The number of nitrogens with one attached hydrogen (secondary N) is 1. The third-order valence-electron chi connectivity index (χ3n) is 8.52. The van der Waals surface area contributed by atoms with Gasteiger partial charge in [0.2, 0.25) is 5.89 Å². The Morgan fingerprint density at radius 1 is 1.11 bits per heavy atom. The number of nitrogens with zero attached hydrogens (tertiary/aromatic N) is 3. The molecule has 0 radical (unpaired) electrons. The van der Waals surface area contributed by atoms with Gasteiger partial charge in [-0.2, -0.15) is 12.7 Å². The van der Waals surface area contributed by atoms with Crippen molar-refractivity contribution in [1.82, 2.24) is 18.6 Å². The summed E-state index contributed by atoms with van der Waals surface area (Å²) in [5.41, 5.74) is 5.89. The van der Waals surface area contributed by atoms with Gasteiger partial charge in [0.05, 0.1) is 26.0 Å². The number of rotatable bonds is 8. The summed E-state index contributed by atoms with van der Waals surface area (Å²) in [6.45, 7) is 2.26. The SMILES string of the molecule is CCOC(=O)c1coc(C2=Cc3cc(OC)ccc3-c3c(C4CCCCC4)c4ccc(C(=O)NS(=O)(=O)N(C)C)cc4n3C2)n1. The summed E-state index contributed by atoms with van der Waals surface area (Å²) in [6, 6.07) is 11.3. The molecule has 11 nitrogen and oxygen atoms in total. The molecule has 0 bridgehead atoms. The molecule has 1 saturated carbocycles. The number of benzene rings is 2. The molecule has 2 aliphatic rings. The molecule has 0 unspecified atom stereocenters. The van der Waals surface area contributed by atoms with Crippen molar-refractivity contribution in [3.8, 4) is 17.0 Å². The Balaban J connectivity index is 1.57. The molecule has 0 spiro atoms. The Labute approximate surface area is 262 Å². The van der Waals surface area contributed by atoms with Gasteiger partial charge in [-0.1, -0.05) is 25.3 Å². The normalized spacial score (nSPS) is 15.3. The van der Waals surface area contributed by atoms with Gasteiger partial charge < -0.3 is 18.5 Å². The van der Waals surface area contributed by atoms with Gasteiger partial charge in [0, 0.05) is 41.7 Å². The highest BCUT2D eigenvalue weighted by Gasteiger charge is 2.31. The van der Waals surface area contributed by atoms with Crippen molar-refractivity contribution in [3.63, 3.8) is 0 Å². The molecule has 236 valence electrons. The molecule has 1 aliphatic carbocycles. The number of amides is 1. The predicted molar refractivity (Wildman–Crippen MR) is 170 cm³/mol. The minimum atomic E-state index is -3.99. The molecule has 45 heavy (non-hydrogen) atoms. The van der Waals surface area contributed by atoms with Crippen LogP contribution in [-0.4, -0.2) is 62.0 Å². The van der Waals surface area contributed by atoms with Gasteiger partial charge >= 0.3 is 16.2 Å². The van der Waals surface area contributed by atoms with Crippen LogP contribution in [0.1, 0.15) is 82.8 Å². The van der Waals surface area contributed by atoms with E-state index >= 15 is 0 Å². The standard InChI is InChI=1S/C33H36N4O7S/c1-5-43-33(39)27-19-44-32(34-27)23-15-22-16-24(42-4)12-14-25(22)30-29(20-9-7-6-8-10-20)26-13-11-21(17-28(26)37(30)18-23)31(38)35-45(40,41)36(2)3/h11-17,19-20H,5-10,18H2,1-4H3,(H,35,38). The maximum absolute atomic E-state index is 13.2. The molecule has 12 heteroatoms. The number of methoxy groups -OCH3 is 1. The van der Waals surface area contributed by atoms with E-state index in [2.05, 4.69) is 14.3 Å². The van der Waals surface area contributed by atoms with Crippen LogP contribution in [0.5, 0.6) is 5.75 Å². The lowest BCUT2D eigenvalue weighted by molar-refractivity contribution is 0.0519. The molecule has 0 saturated heterocycles. The second-order valence-corrected chi connectivity index (χ2v) is 13.4. The molecule has 0 atom stereocenters. The number of carbonyl (C=O) groups is 2. The fourth-order valence-electron chi connectivity index (χ4n) is 6.30. The van der Waals surface area contributed by atoms with Crippen molar-refractivity contribution in [1.29, 1.82) is 0 Å². The second kappa shape index (κ2) is 12.2. The first kappa shape index (κ1) is 30.6. The first-order valence-electron chi connectivity index (χ1n) is 15.0. The van der Waals surface area contributed by atoms with E-state index in [1.165, 1.54) is 32.3 Å². The fraction of sp³-hybridized carbons (Fsp3) is 0.364. The molecule has 1 fully saturated rings. The molecule has 2 aromatic carbocycles. The summed E-state index contributed by atoms with van der Waals surface area (Å²) in [7, 11) is 0.354. The van der Waals surface area contributed by atoms with Crippen LogP contribution >= 0.6 is 0 Å². The van der Waals surface area contributed by atoms with Crippen LogP contribution in [0.25, 0.3) is 33.8 Å². The van der Waals surface area contributed by atoms with Crippen LogP contribution in [0.15, 0.2) is 47.1 Å². The van der Waals surface area contributed by atoms with E-state index in [0.29, 0.717) is 23.8 Å². The Bertz CT molecular complexity index is 1930. The number of allylic oxidation sites excluding steroid dienone is 1. The van der Waals surface area contributed by atoms with Crippen LogP contribution in [-0.2, 0) is 21.5 Å². The zero-order valence-corrected chi connectivity index (χ0v) is 26.6. The highest BCUT2D eigenvalue weighted by molar-refractivity contribution is 7.87. The number of carbonyl (C=O) groups excluding carboxylic acids is 2. The molecule has 1 aliphatic heterocycles. The van der Waals surface area contributed by atoms with Crippen LogP contribution < -0.4 is 9.46 Å². The van der Waals surface area contributed by atoms with E-state index in [-0.39, 0.29) is 23.8 Å². The number of hydrogen-bond donors (Lipinski definition) is 1. The first-order valence-corrected chi connectivity index (χ1v) is 16.5. The first-order chi connectivity index (χ1) is 21.6. The monoisotopic (exact) mass is 632 g/mol. The average Bonchev–Trinajstić information content (AvgIpc) is 3.60. The molecule has 1 amide bonds. The number of ether oxygens (including phenoxy) is 2. The number of fused-ring (bicyclic) bond motifs is 5. The predicted octanol–water partition coefficient (Wildman–Crippen LogP) is 5.62. The average molecular weight is 633 g/mol. The molecule has 1 N–H and O–H groups in total. The van der Waals surface area contributed by atoms with Gasteiger partial charge in [-0.3, -0.25) is 4.79 Å². The Morgan fingerprint density at radius 3 is 2.60 bits per heavy atom. The van der Waals surface area contributed by atoms with E-state index in [1.54, 1.807) is 26.2 Å². The van der Waals surface area contributed by atoms with Crippen molar-refractivity contribution in [2.45, 2.75) is 51.5 Å². The Kier molecular flexibility index (Phi) is 8.27. The maximum atomic E-state index is 13.2. The summed E-state index contributed by atoms with van der Waals surface area (Å²) in [4.78, 5) is 30.1. The van der Waals surface area contributed by atoms with Gasteiger partial charge in [0.1, 0.15) is 12.0 Å². The van der Waals surface area contributed by atoms with Gasteiger partial charge in [-0.05, 0) is 73.2 Å². The molecule has 6 rings (SSSR count). The van der Waals surface area contributed by atoms with Crippen molar-refractivity contribution >= 4 is 44.6 Å². The van der Waals surface area contributed by atoms with E-state index in [1.807, 2.05) is 30.3 Å². The zero-order valence-electron chi connectivity index (χ0n) is 25.8. The number of hydrogen-bond acceptors (Lipinski definition) is 8. The van der Waals surface area contributed by atoms with Crippen LogP contribution in [0.2, 0.25) is 0 Å². The van der Waals surface area contributed by atoms with Crippen molar-refractivity contribution < 1.29 is 31.9 Å². The van der Waals surface area contributed by atoms with Gasteiger partial charge in [-0.15, -0.1) is 0 Å². The highest BCUT2D eigenvalue weighted by atomic mass is 32.2. The number of aromatic nitrogens is 2. The van der Waals surface area contributed by atoms with E-state index in [9.17, 15) is 18.0 Å². The quantitative estimate of drug-likeness (QED) is 0.248. The lowest BCUT2D eigenvalue weighted by atomic mass is 9.81. The van der Waals surface area contributed by atoms with E-state index in [4.69, 9.17) is 13.9 Å². The zero-order chi connectivity index (χ0) is 31.9. The summed E-state index contributed by atoms with van der Waals surface area (Å²) < 4.78 is 46.7. The maximum Gasteiger partial charge on any atom is 0.360 e. The minimum Gasteiger partial charge on any atom is -0.497 e. The van der Waals surface area contributed by atoms with Crippen molar-refractivity contribution in [3.05, 3.63) is 70.9 Å². The Hall–Kier alpha value is -4.42. The van der Waals surface area contributed by atoms with Gasteiger partial charge in [-0.25, -0.2) is 14.5 Å². The molecular weight excluding hydrogens is 596 g/mol. The fourth-order valence-corrected chi connectivity index (χ4v) is 6.83. The van der Waals surface area contributed by atoms with Crippen molar-refractivity contribution in [2.75, 3.05) is 27.8 Å². The van der Waals surface area contributed by atoms with Gasteiger partial charge in [0.25, 0.3) is 5.91 Å². The topological polar surface area (TPSA) is 133 Å². The molecule has 3 heterocycles. The summed E-state index contributed by atoms with van der Waals surface area (Å²) >= 11 is 0. The Morgan fingerprint density at radius 2 is 1.89 bits per heavy atom. The summed E-state index contributed by atoms with van der Waals surface area (Å²) in [5, 5.41) is 1.01. The molecule has 2 aromatic heterocycles. The third-order valence-corrected chi connectivity index (χ3v) is 9.92. The van der Waals surface area contributed by atoms with Crippen LogP contribution in [0.3, 0.4) is 0 Å². The largest absolute Gasteiger partial charge is 0.497 e. The lowest BCUT2D eigenvalue weighted by Crippen LogP contribution is -2.39. The highest BCUT2D eigenvalue weighted by Crippen LogP contribution is 2.47.